The number of anilines is 1. The van der Waals surface area contributed by atoms with Gasteiger partial charge in [0.15, 0.2) is 11.5 Å². The second-order valence-corrected chi connectivity index (χ2v) is 4.11. The van der Waals surface area contributed by atoms with E-state index >= 15 is 0 Å². The Morgan fingerprint density at radius 1 is 1.26 bits per heavy atom. The van der Waals surface area contributed by atoms with Gasteiger partial charge in [0, 0.05) is 19.8 Å². The summed E-state index contributed by atoms with van der Waals surface area (Å²) in [6.45, 7) is 0.582. The van der Waals surface area contributed by atoms with Crippen LogP contribution in [0.5, 0.6) is 17.2 Å². The molecule has 102 valence electrons. The van der Waals surface area contributed by atoms with Gasteiger partial charge in [-0.1, -0.05) is 0 Å². The molecule has 0 aliphatic carbocycles. The van der Waals surface area contributed by atoms with Crippen molar-refractivity contribution in [2.45, 2.75) is 6.54 Å². The Morgan fingerprint density at radius 2 is 1.89 bits per heavy atom. The van der Waals surface area contributed by atoms with Crippen LogP contribution in [-0.4, -0.2) is 29.1 Å². The number of hydrogen-bond acceptors (Lipinski definition) is 5. The normalized spacial score (nSPS) is 10.3. The van der Waals surface area contributed by atoms with Gasteiger partial charge in [-0.25, -0.2) is 0 Å². The van der Waals surface area contributed by atoms with Crippen molar-refractivity contribution in [3.63, 3.8) is 0 Å². The third-order valence-electron chi connectivity index (χ3n) is 2.74. The highest BCUT2D eigenvalue weighted by molar-refractivity contribution is 5.53. The molecule has 0 radical (unpaired) electrons. The molecule has 0 unspecified atom stereocenters. The fraction of sp³-hybridized carbons (Fsp3) is 0.308. The molecule has 1 heterocycles. The predicted molar refractivity (Wildman–Crippen MR) is 71.7 cm³/mol. The Bertz CT molecular complexity index is 541. The standard InChI is InChI=1S/C13H17N3O3/c1-16-8-10(7-15-16)14-6-9-4-11(18-2)13(17)12(5-9)19-3/h4-5,7-8,14,17H,6H2,1-3H3. The van der Waals surface area contributed by atoms with Gasteiger partial charge >= 0.3 is 0 Å². The smallest absolute Gasteiger partial charge is 0.200 e. The molecule has 0 aliphatic heterocycles. The fourth-order valence-corrected chi connectivity index (χ4v) is 1.77. The summed E-state index contributed by atoms with van der Waals surface area (Å²) in [7, 11) is 4.87. The van der Waals surface area contributed by atoms with E-state index in [9.17, 15) is 5.11 Å². The first kappa shape index (κ1) is 13.1. The van der Waals surface area contributed by atoms with E-state index in [1.54, 1.807) is 23.0 Å². The second kappa shape index (κ2) is 5.51. The second-order valence-electron chi connectivity index (χ2n) is 4.11. The van der Waals surface area contributed by atoms with Gasteiger partial charge in [-0.05, 0) is 17.7 Å². The molecule has 0 amide bonds. The van der Waals surface area contributed by atoms with Gasteiger partial charge in [0.25, 0.3) is 0 Å². The van der Waals surface area contributed by atoms with Crippen LogP contribution in [-0.2, 0) is 13.6 Å². The number of aromatic hydroxyl groups is 1. The molecule has 0 bridgehead atoms. The lowest BCUT2D eigenvalue weighted by Gasteiger charge is -2.11. The summed E-state index contributed by atoms with van der Waals surface area (Å²) in [6, 6.07) is 3.53. The number of phenols is 1. The molecule has 2 aromatic rings. The van der Waals surface area contributed by atoms with E-state index < -0.39 is 0 Å². The molecule has 0 aliphatic rings. The number of aromatic nitrogens is 2. The van der Waals surface area contributed by atoms with E-state index in [2.05, 4.69) is 10.4 Å². The van der Waals surface area contributed by atoms with Crippen molar-refractivity contribution in [1.29, 1.82) is 0 Å². The minimum atomic E-state index is 0.00938. The number of aryl methyl sites for hydroxylation is 1. The Kier molecular flexibility index (Phi) is 3.79. The number of ether oxygens (including phenoxy) is 2. The van der Waals surface area contributed by atoms with Gasteiger partial charge < -0.3 is 19.9 Å². The van der Waals surface area contributed by atoms with Gasteiger partial charge in [0.05, 0.1) is 26.1 Å². The maximum atomic E-state index is 9.82. The van der Waals surface area contributed by atoms with Crippen LogP contribution in [0.4, 0.5) is 5.69 Å². The zero-order valence-electron chi connectivity index (χ0n) is 11.2. The van der Waals surface area contributed by atoms with Crippen molar-refractivity contribution < 1.29 is 14.6 Å². The average molecular weight is 263 g/mol. The number of rotatable bonds is 5. The van der Waals surface area contributed by atoms with Crippen LogP contribution in [0.1, 0.15) is 5.56 Å². The van der Waals surface area contributed by atoms with Crippen molar-refractivity contribution in [3.8, 4) is 17.2 Å². The van der Waals surface area contributed by atoms with E-state index in [1.165, 1.54) is 14.2 Å². The maximum Gasteiger partial charge on any atom is 0.200 e. The van der Waals surface area contributed by atoms with Gasteiger partial charge in [0.2, 0.25) is 5.75 Å². The summed E-state index contributed by atoms with van der Waals surface area (Å²) in [5.74, 6) is 0.791. The molecule has 0 spiro atoms. The summed E-state index contributed by atoms with van der Waals surface area (Å²) in [5, 5.41) is 17.1. The Labute approximate surface area is 111 Å². The van der Waals surface area contributed by atoms with Crippen LogP contribution >= 0.6 is 0 Å². The van der Waals surface area contributed by atoms with E-state index in [4.69, 9.17) is 9.47 Å². The number of nitrogens with one attached hydrogen (secondary N) is 1. The van der Waals surface area contributed by atoms with E-state index in [1.807, 2.05) is 13.2 Å². The van der Waals surface area contributed by atoms with Crippen molar-refractivity contribution in [1.82, 2.24) is 9.78 Å². The molecule has 2 rings (SSSR count). The summed E-state index contributed by atoms with van der Waals surface area (Å²) in [6.07, 6.45) is 3.63. The van der Waals surface area contributed by atoms with Gasteiger partial charge in [-0.3, -0.25) is 4.68 Å². The first-order valence-corrected chi connectivity index (χ1v) is 5.80. The Balaban J connectivity index is 2.15. The van der Waals surface area contributed by atoms with E-state index in [0.29, 0.717) is 18.0 Å². The largest absolute Gasteiger partial charge is 0.502 e. The highest BCUT2D eigenvalue weighted by Gasteiger charge is 2.11. The molecule has 0 saturated heterocycles. The quantitative estimate of drug-likeness (QED) is 0.860. The number of methoxy groups -OCH3 is 2. The lowest BCUT2D eigenvalue weighted by Crippen LogP contribution is -2.00. The topological polar surface area (TPSA) is 68.5 Å². The summed E-state index contributed by atoms with van der Waals surface area (Å²) in [4.78, 5) is 0. The predicted octanol–water partition coefficient (Wildman–Crippen LogP) is 1.75. The first-order chi connectivity index (χ1) is 9.13. The zero-order valence-corrected chi connectivity index (χ0v) is 11.2. The van der Waals surface area contributed by atoms with Gasteiger partial charge in [-0.2, -0.15) is 5.10 Å². The van der Waals surface area contributed by atoms with E-state index in [0.717, 1.165) is 11.3 Å². The first-order valence-electron chi connectivity index (χ1n) is 5.80. The molecule has 2 N–H and O–H groups in total. The lowest BCUT2D eigenvalue weighted by molar-refractivity contribution is 0.339. The SMILES string of the molecule is COc1cc(CNc2cnn(C)c2)cc(OC)c1O. The zero-order chi connectivity index (χ0) is 13.8. The molecule has 1 aromatic heterocycles. The highest BCUT2D eigenvalue weighted by Crippen LogP contribution is 2.37. The molecule has 0 fully saturated rings. The molecule has 6 heteroatoms. The molecular weight excluding hydrogens is 246 g/mol. The van der Waals surface area contributed by atoms with Crippen LogP contribution in [0.25, 0.3) is 0 Å². The van der Waals surface area contributed by atoms with Crippen LogP contribution in [0.3, 0.4) is 0 Å². The monoisotopic (exact) mass is 263 g/mol. The van der Waals surface area contributed by atoms with E-state index in [-0.39, 0.29) is 5.75 Å². The minimum absolute atomic E-state index is 0.00938. The van der Waals surface area contributed by atoms with Crippen LogP contribution < -0.4 is 14.8 Å². The fourth-order valence-electron chi connectivity index (χ4n) is 1.77. The van der Waals surface area contributed by atoms with Crippen LogP contribution in [0.2, 0.25) is 0 Å². The molecule has 0 saturated carbocycles. The van der Waals surface area contributed by atoms with Gasteiger partial charge in [-0.15, -0.1) is 0 Å². The van der Waals surface area contributed by atoms with Crippen molar-refractivity contribution in [3.05, 3.63) is 30.1 Å². The summed E-state index contributed by atoms with van der Waals surface area (Å²) >= 11 is 0. The molecule has 1 aromatic carbocycles. The van der Waals surface area contributed by atoms with Gasteiger partial charge in [0.1, 0.15) is 0 Å². The average Bonchev–Trinajstić information content (AvgIpc) is 2.83. The van der Waals surface area contributed by atoms with Crippen LogP contribution in [0.15, 0.2) is 24.5 Å². The number of hydrogen-bond donors (Lipinski definition) is 2. The number of benzene rings is 1. The Hall–Kier alpha value is -2.37. The minimum Gasteiger partial charge on any atom is -0.502 e. The third-order valence-corrected chi connectivity index (χ3v) is 2.74. The third kappa shape index (κ3) is 2.90. The lowest BCUT2D eigenvalue weighted by atomic mass is 10.2. The van der Waals surface area contributed by atoms with Crippen molar-refractivity contribution in [2.24, 2.45) is 7.05 Å². The highest BCUT2D eigenvalue weighted by atomic mass is 16.5. The molecule has 6 nitrogen and oxygen atoms in total. The summed E-state index contributed by atoms with van der Waals surface area (Å²) in [5.41, 5.74) is 1.86. The maximum absolute atomic E-state index is 9.82. The van der Waals surface area contributed by atoms with Crippen LogP contribution in [0, 0.1) is 0 Å². The van der Waals surface area contributed by atoms with Crippen molar-refractivity contribution >= 4 is 5.69 Å². The summed E-state index contributed by atoms with van der Waals surface area (Å²) < 4.78 is 11.9. The number of phenolic OH excluding ortho intramolecular Hbond substituents is 1. The van der Waals surface area contributed by atoms with Crippen molar-refractivity contribution in [2.75, 3.05) is 19.5 Å². The molecular formula is C13H17N3O3. The Morgan fingerprint density at radius 3 is 2.37 bits per heavy atom. The molecule has 19 heavy (non-hydrogen) atoms. The molecule has 0 atom stereocenters. The number of nitrogens with zero attached hydrogens (tertiary/aromatic N) is 2.